The topological polar surface area (TPSA) is 74.2 Å². The van der Waals surface area contributed by atoms with Crippen LogP contribution in [0.25, 0.3) is 0 Å². The molecule has 1 atom stereocenters. The van der Waals surface area contributed by atoms with Crippen LogP contribution in [0.1, 0.15) is 18.4 Å². The number of halogens is 1. The van der Waals surface area contributed by atoms with Crippen LogP contribution in [0.5, 0.6) is 0 Å². The number of carbonyl (C=O) groups is 1. The summed E-state index contributed by atoms with van der Waals surface area (Å²) in [5.41, 5.74) is 1.11. The smallest absolute Gasteiger partial charge is 0.263 e. The molecule has 1 unspecified atom stereocenters. The number of hydrogen-bond acceptors (Lipinski definition) is 4. The molecule has 0 saturated carbocycles. The molecule has 0 spiro atoms. The lowest BCUT2D eigenvalue weighted by Gasteiger charge is -2.10. The predicted molar refractivity (Wildman–Crippen MR) is 86.7 cm³/mol. The van der Waals surface area contributed by atoms with E-state index < -0.39 is 0 Å². The van der Waals surface area contributed by atoms with Gasteiger partial charge in [0, 0.05) is 30.4 Å². The summed E-state index contributed by atoms with van der Waals surface area (Å²) >= 11 is 3.45. The van der Waals surface area contributed by atoms with E-state index >= 15 is 0 Å². The quantitative estimate of drug-likeness (QED) is 0.600. The van der Waals surface area contributed by atoms with Crippen molar-refractivity contribution in [2.24, 2.45) is 0 Å². The fourth-order valence-corrected chi connectivity index (χ4v) is 2.59. The normalized spacial score (nSPS) is 17.8. The van der Waals surface area contributed by atoms with E-state index in [2.05, 4.69) is 26.6 Å². The Morgan fingerprint density at radius 1 is 1.50 bits per heavy atom. The molecule has 0 bridgehead atoms. The largest absolute Gasteiger partial charge is 0.386 e. The first kappa shape index (κ1) is 16.5. The van der Waals surface area contributed by atoms with Crippen LogP contribution in [-0.2, 0) is 16.1 Å². The van der Waals surface area contributed by atoms with Crippen molar-refractivity contribution in [1.82, 2.24) is 10.6 Å². The molecule has 2 N–H and O–H groups in total. The fraction of sp³-hybridized carbons (Fsp3) is 0.375. The van der Waals surface area contributed by atoms with Crippen LogP contribution >= 0.6 is 15.9 Å². The van der Waals surface area contributed by atoms with Crippen LogP contribution in [0.4, 0.5) is 0 Å². The molecule has 2 rings (SSSR count). The van der Waals surface area contributed by atoms with Crippen molar-refractivity contribution < 1.29 is 9.53 Å². The molecule has 1 aliphatic heterocycles. The summed E-state index contributed by atoms with van der Waals surface area (Å²) in [5, 5.41) is 14.8. The third kappa shape index (κ3) is 4.86. The average molecular weight is 364 g/mol. The Morgan fingerprint density at radius 2 is 2.32 bits per heavy atom. The van der Waals surface area contributed by atoms with E-state index in [0.29, 0.717) is 13.1 Å². The second-order valence-corrected chi connectivity index (χ2v) is 5.84. The molecular formula is C16H18BrN3O2. The summed E-state index contributed by atoms with van der Waals surface area (Å²) in [6.07, 6.45) is 3.49. The molecule has 1 saturated heterocycles. The summed E-state index contributed by atoms with van der Waals surface area (Å²) < 4.78 is 6.41. The second-order valence-electron chi connectivity index (χ2n) is 4.99. The van der Waals surface area contributed by atoms with E-state index in [-0.39, 0.29) is 17.6 Å². The lowest BCUT2D eigenvalue weighted by atomic mass is 10.2. The van der Waals surface area contributed by atoms with Gasteiger partial charge in [-0.25, -0.2) is 0 Å². The summed E-state index contributed by atoms with van der Waals surface area (Å²) in [6.45, 7) is 1.72. The van der Waals surface area contributed by atoms with Crippen molar-refractivity contribution in [3.8, 4) is 6.07 Å². The molecule has 22 heavy (non-hydrogen) atoms. The highest BCUT2D eigenvalue weighted by atomic mass is 79.9. The van der Waals surface area contributed by atoms with Gasteiger partial charge in [-0.1, -0.05) is 34.1 Å². The molecule has 1 aliphatic rings. The first-order valence-electron chi connectivity index (χ1n) is 7.17. The SMILES string of the molecule is N#C/C(=C/NCc1ccccc1Br)C(=O)NCC1CCCO1. The number of carbonyl (C=O) groups excluding carboxylic acids is 1. The minimum Gasteiger partial charge on any atom is -0.386 e. The Morgan fingerprint density at radius 3 is 3.00 bits per heavy atom. The highest BCUT2D eigenvalue weighted by molar-refractivity contribution is 9.10. The number of benzene rings is 1. The second kappa shape index (κ2) is 8.57. The van der Waals surface area contributed by atoms with E-state index in [1.807, 2.05) is 30.3 Å². The molecule has 1 aromatic rings. The van der Waals surface area contributed by atoms with E-state index in [9.17, 15) is 4.79 Å². The Bertz CT molecular complexity index is 589. The zero-order valence-electron chi connectivity index (χ0n) is 12.1. The third-order valence-electron chi connectivity index (χ3n) is 3.38. The van der Waals surface area contributed by atoms with E-state index in [4.69, 9.17) is 10.00 Å². The summed E-state index contributed by atoms with van der Waals surface area (Å²) in [4.78, 5) is 11.9. The lowest BCUT2D eigenvalue weighted by Crippen LogP contribution is -2.32. The zero-order valence-corrected chi connectivity index (χ0v) is 13.7. The van der Waals surface area contributed by atoms with Gasteiger partial charge in [0.25, 0.3) is 5.91 Å². The zero-order chi connectivity index (χ0) is 15.8. The van der Waals surface area contributed by atoms with Crippen molar-refractivity contribution in [2.75, 3.05) is 13.2 Å². The van der Waals surface area contributed by atoms with Crippen LogP contribution in [0.3, 0.4) is 0 Å². The molecule has 0 radical (unpaired) electrons. The van der Waals surface area contributed by atoms with Crippen LogP contribution in [0, 0.1) is 11.3 Å². The van der Waals surface area contributed by atoms with Crippen LogP contribution in [-0.4, -0.2) is 25.2 Å². The van der Waals surface area contributed by atoms with Crippen molar-refractivity contribution >= 4 is 21.8 Å². The minimum atomic E-state index is -0.377. The Kier molecular flexibility index (Phi) is 6.44. The summed E-state index contributed by atoms with van der Waals surface area (Å²) in [6, 6.07) is 9.69. The standard InChI is InChI=1S/C16H18BrN3O2/c17-15-6-2-1-4-12(15)9-19-10-13(8-18)16(21)20-11-14-5-3-7-22-14/h1-2,4,6,10,14,19H,3,5,7,9,11H2,(H,20,21)/b13-10-. The van der Waals surface area contributed by atoms with Crippen LogP contribution in [0.2, 0.25) is 0 Å². The van der Waals surface area contributed by atoms with Gasteiger partial charge in [0.15, 0.2) is 0 Å². The van der Waals surface area contributed by atoms with E-state index in [1.165, 1.54) is 6.20 Å². The van der Waals surface area contributed by atoms with Crippen molar-refractivity contribution in [3.05, 3.63) is 46.1 Å². The molecule has 0 aliphatic carbocycles. The van der Waals surface area contributed by atoms with Gasteiger partial charge in [0.1, 0.15) is 11.6 Å². The van der Waals surface area contributed by atoms with Crippen LogP contribution < -0.4 is 10.6 Å². The molecule has 1 amide bonds. The number of rotatable bonds is 6. The Labute approximate surface area is 138 Å². The summed E-state index contributed by atoms with van der Waals surface area (Å²) in [7, 11) is 0. The van der Waals surface area contributed by atoms with E-state index in [1.54, 1.807) is 0 Å². The first-order chi connectivity index (χ1) is 10.7. The van der Waals surface area contributed by atoms with E-state index in [0.717, 1.165) is 29.5 Å². The Balaban J connectivity index is 1.83. The van der Waals surface area contributed by atoms with Crippen molar-refractivity contribution in [3.63, 3.8) is 0 Å². The van der Waals surface area contributed by atoms with Gasteiger partial charge in [0.2, 0.25) is 0 Å². The molecule has 5 nitrogen and oxygen atoms in total. The number of ether oxygens (including phenoxy) is 1. The van der Waals surface area contributed by atoms with Crippen LogP contribution in [0.15, 0.2) is 40.5 Å². The van der Waals surface area contributed by atoms with Gasteiger partial charge in [0.05, 0.1) is 6.10 Å². The number of nitrogens with one attached hydrogen (secondary N) is 2. The monoisotopic (exact) mass is 363 g/mol. The van der Waals surface area contributed by atoms with Gasteiger partial charge in [-0.05, 0) is 24.5 Å². The maximum absolute atomic E-state index is 11.9. The van der Waals surface area contributed by atoms with Gasteiger partial charge < -0.3 is 15.4 Å². The number of nitrogens with zero attached hydrogens (tertiary/aromatic N) is 1. The summed E-state index contributed by atoms with van der Waals surface area (Å²) in [5.74, 6) is -0.377. The number of amides is 1. The highest BCUT2D eigenvalue weighted by Crippen LogP contribution is 2.15. The molecule has 116 valence electrons. The minimum absolute atomic E-state index is 0.0602. The lowest BCUT2D eigenvalue weighted by molar-refractivity contribution is -0.117. The predicted octanol–water partition coefficient (Wildman–Crippen LogP) is 2.24. The van der Waals surface area contributed by atoms with Gasteiger partial charge in [-0.3, -0.25) is 4.79 Å². The maximum Gasteiger partial charge on any atom is 0.263 e. The molecule has 6 heteroatoms. The van der Waals surface area contributed by atoms with Crippen molar-refractivity contribution in [1.29, 1.82) is 5.26 Å². The average Bonchev–Trinajstić information content (AvgIpc) is 3.04. The van der Waals surface area contributed by atoms with Gasteiger partial charge in [-0.2, -0.15) is 5.26 Å². The fourth-order valence-electron chi connectivity index (χ4n) is 2.16. The van der Waals surface area contributed by atoms with Gasteiger partial charge in [-0.15, -0.1) is 0 Å². The van der Waals surface area contributed by atoms with Gasteiger partial charge >= 0.3 is 0 Å². The molecule has 0 aromatic heterocycles. The highest BCUT2D eigenvalue weighted by Gasteiger charge is 2.17. The first-order valence-corrected chi connectivity index (χ1v) is 7.97. The Hall–Kier alpha value is -1.84. The maximum atomic E-state index is 11.9. The number of hydrogen-bond donors (Lipinski definition) is 2. The molecule has 1 fully saturated rings. The third-order valence-corrected chi connectivity index (χ3v) is 4.15. The molecule has 1 heterocycles. The molecular weight excluding hydrogens is 346 g/mol. The number of nitriles is 1. The van der Waals surface area contributed by atoms with Crippen molar-refractivity contribution in [2.45, 2.75) is 25.5 Å². The molecule has 1 aromatic carbocycles.